The van der Waals surface area contributed by atoms with Gasteiger partial charge in [-0.2, -0.15) is 0 Å². The smallest absolute Gasteiger partial charge is 0.316 e. The first-order valence-corrected chi connectivity index (χ1v) is 7.31. The molecule has 0 aliphatic rings. The predicted molar refractivity (Wildman–Crippen MR) is 77.4 cm³/mol. The molecular weight excluding hydrogens is 262 g/mol. The monoisotopic (exact) mass is 283 g/mol. The van der Waals surface area contributed by atoms with Crippen LogP contribution < -0.4 is 5.32 Å². The molecule has 0 fully saturated rings. The topological polar surface area (TPSA) is 64.1 Å². The summed E-state index contributed by atoms with van der Waals surface area (Å²) in [5.41, 5.74) is -0.447. The zero-order valence-electron chi connectivity index (χ0n) is 11.9. The summed E-state index contributed by atoms with van der Waals surface area (Å²) in [6.45, 7) is 8.47. The lowest BCUT2D eigenvalue weighted by atomic mass is 10.2. The number of hydrogen-bond acceptors (Lipinski definition) is 6. The van der Waals surface area contributed by atoms with Crippen LogP contribution in [0.1, 0.15) is 34.1 Å². The van der Waals surface area contributed by atoms with E-state index in [0.29, 0.717) is 5.95 Å². The summed E-state index contributed by atoms with van der Waals surface area (Å²) in [5, 5.41) is 3.87. The molecule has 19 heavy (non-hydrogen) atoms. The Morgan fingerprint density at radius 2 is 2.21 bits per heavy atom. The number of anilines is 1. The van der Waals surface area contributed by atoms with Gasteiger partial charge in [0.25, 0.3) is 0 Å². The largest absolute Gasteiger partial charge is 0.459 e. The van der Waals surface area contributed by atoms with Crippen LogP contribution in [0.3, 0.4) is 0 Å². The van der Waals surface area contributed by atoms with Crippen molar-refractivity contribution in [3.05, 3.63) is 12.3 Å². The molecule has 1 N–H and O–H groups in total. The summed E-state index contributed by atoms with van der Waals surface area (Å²) < 4.78 is 5.24. The van der Waals surface area contributed by atoms with Crippen LogP contribution in [-0.2, 0) is 9.53 Å². The van der Waals surface area contributed by atoms with Gasteiger partial charge in [0, 0.05) is 12.7 Å². The van der Waals surface area contributed by atoms with E-state index in [0.717, 1.165) is 18.0 Å². The molecule has 1 aromatic rings. The van der Waals surface area contributed by atoms with Gasteiger partial charge >= 0.3 is 5.97 Å². The van der Waals surface area contributed by atoms with Crippen molar-refractivity contribution in [2.75, 3.05) is 17.6 Å². The van der Waals surface area contributed by atoms with Crippen LogP contribution in [0.2, 0.25) is 0 Å². The number of thioether (sulfide) groups is 1. The molecule has 0 saturated carbocycles. The van der Waals surface area contributed by atoms with Gasteiger partial charge in [-0.15, -0.1) is 0 Å². The second kappa shape index (κ2) is 7.33. The Hall–Kier alpha value is -1.30. The third kappa shape index (κ3) is 7.00. The average molecular weight is 283 g/mol. The number of nitrogens with one attached hydrogen (secondary N) is 1. The Balaban J connectivity index is 2.46. The minimum Gasteiger partial charge on any atom is -0.459 e. The van der Waals surface area contributed by atoms with E-state index < -0.39 is 5.60 Å². The lowest BCUT2D eigenvalue weighted by Crippen LogP contribution is -2.24. The van der Waals surface area contributed by atoms with Crippen molar-refractivity contribution in [3.63, 3.8) is 0 Å². The summed E-state index contributed by atoms with van der Waals surface area (Å²) in [5.74, 6) is 0.608. The fraction of sp³-hybridized carbons (Fsp3) is 0.615. The van der Waals surface area contributed by atoms with E-state index in [-0.39, 0.29) is 11.7 Å². The normalized spacial score (nSPS) is 11.2. The molecule has 5 nitrogen and oxygen atoms in total. The molecule has 106 valence electrons. The van der Waals surface area contributed by atoms with Crippen LogP contribution in [0, 0.1) is 0 Å². The lowest BCUT2D eigenvalue weighted by molar-refractivity contribution is -0.151. The second-order valence-corrected chi connectivity index (χ2v) is 6.02. The van der Waals surface area contributed by atoms with Gasteiger partial charge in [-0.05, 0) is 33.3 Å². The van der Waals surface area contributed by atoms with Crippen molar-refractivity contribution in [2.24, 2.45) is 0 Å². The molecule has 6 heteroatoms. The highest BCUT2D eigenvalue weighted by molar-refractivity contribution is 7.99. The third-order valence-corrected chi connectivity index (χ3v) is 2.82. The maximum Gasteiger partial charge on any atom is 0.316 e. The Morgan fingerprint density at radius 1 is 1.47 bits per heavy atom. The Kier molecular flexibility index (Phi) is 6.08. The van der Waals surface area contributed by atoms with Crippen molar-refractivity contribution >= 4 is 23.7 Å². The summed E-state index contributed by atoms with van der Waals surface area (Å²) in [6, 6.07) is 1.78. The quantitative estimate of drug-likeness (QED) is 0.492. The van der Waals surface area contributed by atoms with Crippen molar-refractivity contribution in [2.45, 2.75) is 44.7 Å². The van der Waals surface area contributed by atoms with Gasteiger partial charge in [-0.1, -0.05) is 18.7 Å². The fourth-order valence-corrected chi connectivity index (χ4v) is 1.88. The highest BCUT2D eigenvalue weighted by Crippen LogP contribution is 2.17. The number of hydrogen-bond donors (Lipinski definition) is 1. The van der Waals surface area contributed by atoms with E-state index in [9.17, 15) is 4.79 Å². The van der Waals surface area contributed by atoms with Gasteiger partial charge < -0.3 is 10.1 Å². The van der Waals surface area contributed by atoms with Gasteiger partial charge in [-0.25, -0.2) is 9.97 Å². The van der Waals surface area contributed by atoms with E-state index in [1.54, 1.807) is 12.3 Å². The molecule has 0 bridgehead atoms. The van der Waals surface area contributed by atoms with Crippen LogP contribution in [0.5, 0.6) is 0 Å². The molecule has 1 heterocycles. The first kappa shape index (κ1) is 15.8. The standard InChI is InChI=1S/C13H21N3O2S/c1-5-7-14-12-15-8-6-10(16-12)19-9-11(17)18-13(2,3)4/h6,8H,5,7,9H2,1-4H3,(H,14,15,16). The average Bonchev–Trinajstić information content (AvgIpc) is 2.32. The summed E-state index contributed by atoms with van der Waals surface area (Å²) >= 11 is 1.35. The van der Waals surface area contributed by atoms with E-state index in [2.05, 4.69) is 22.2 Å². The number of rotatable bonds is 6. The number of nitrogens with zero attached hydrogens (tertiary/aromatic N) is 2. The molecule has 0 aliphatic carbocycles. The first-order chi connectivity index (χ1) is 8.90. The van der Waals surface area contributed by atoms with Crippen molar-refractivity contribution in [1.82, 2.24) is 9.97 Å². The highest BCUT2D eigenvalue weighted by Gasteiger charge is 2.16. The van der Waals surface area contributed by atoms with E-state index in [1.165, 1.54) is 11.8 Å². The molecule has 0 unspecified atom stereocenters. The van der Waals surface area contributed by atoms with E-state index in [1.807, 2.05) is 20.8 Å². The van der Waals surface area contributed by atoms with E-state index in [4.69, 9.17) is 4.74 Å². The minimum atomic E-state index is -0.447. The van der Waals surface area contributed by atoms with Gasteiger partial charge in [-0.3, -0.25) is 4.79 Å². The van der Waals surface area contributed by atoms with Crippen LogP contribution in [0.4, 0.5) is 5.95 Å². The molecular formula is C13H21N3O2S. The number of aromatic nitrogens is 2. The van der Waals surface area contributed by atoms with Gasteiger partial charge in [0.2, 0.25) is 5.95 Å². The third-order valence-electron chi connectivity index (χ3n) is 1.92. The van der Waals surface area contributed by atoms with Crippen LogP contribution in [-0.4, -0.2) is 33.8 Å². The molecule has 1 rings (SSSR count). The Labute approximate surface area is 118 Å². The Morgan fingerprint density at radius 3 is 2.84 bits per heavy atom. The summed E-state index contributed by atoms with van der Waals surface area (Å²) in [6.07, 6.45) is 2.70. The van der Waals surface area contributed by atoms with Gasteiger partial charge in [0.1, 0.15) is 10.6 Å². The molecule has 0 amide bonds. The number of carbonyl (C=O) groups is 1. The van der Waals surface area contributed by atoms with Gasteiger partial charge in [0.15, 0.2) is 0 Å². The maximum absolute atomic E-state index is 11.6. The Bertz CT molecular complexity index is 419. The zero-order chi connectivity index (χ0) is 14.3. The maximum atomic E-state index is 11.6. The number of ether oxygens (including phenoxy) is 1. The molecule has 0 atom stereocenters. The van der Waals surface area contributed by atoms with Crippen molar-refractivity contribution in [3.8, 4) is 0 Å². The summed E-state index contributed by atoms with van der Waals surface area (Å²) in [7, 11) is 0. The van der Waals surface area contributed by atoms with Crippen LogP contribution >= 0.6 is 11.8 Å². The van der Waals surface area contributed by atoms with E-state index >= 15 is 0 Å². The fourth-order valence-electron chi connectivity index (χ4n) is 1.25. The molecule has 0 radical (unpaired) electrons. The van der Waals surface area contributed by atoms with Crippen molar-refractivity contribution < 1.29 is 9.53 Å². The van der Waals surface area contributed by atoms with Crippen LogP contribution in [0.15, 0.2) is 17.3 Å². The molecule has 1 aromatic heterocycles. The SMILES string of the molecule is CCCNc1nccc(SCC(=O)OC(C)(C)C)n1. The number of carbonyl (C=O) groups excluding carboxylic acids is 1. The summed E-state index contributed by atoms with van der Waals surface area (Å²) in [4.78, 5) is 20.0. The lowest BCUT2D eigenvalue weighted by Gasteiger charge is -2.19. The minimum absolute atomic E-state index is 0.237. The molecule has 0 saturated heterocycles. The predicted octanol–water partition coefficient (Wildman–Crippen LogP) is 2.73. The number of esters is 1. The van der Waals surface area contributed by atoms with Crippen LogP contribution in [0.25, 0.3) is 0 Å². The second-order valence-electron chi connectivity index (χ2n) is 5.02. The first-order valence-electron chi connectivity index (χ1n) is 6.32. The molecule has 0 spiro atoms. The molecule has 0 aromatic carbocycles. The van der Waals surface area contributed by atoms with Crippen molar-refractivity contribution in [1.29, 1.82) is 0 Å². The highest BCUT2D eigenvalue weighted by atomic mass is 32.2. The molecule has 0 aliphatic heterocycles. The zero-order valence-corrected chi connectivity index (χ0v) is 12.7. The van der Waals surface area contributed by atoms with Gasteiger partial charge in [0.05, 0.1) is 5.75 Å².